The fourth-order valence-corrected chi connectivity index (χ4v) is 4.83. The minimum atomic E-state index is 0.424. The topological polar surface area (TPSA) is 41.7 Å². The highest BCUT2D eigenvalue weighted by atomic mass is 16.5. The molecule has 2 aromatic heterocycles. The van der Waals surface area contributed by atoms with Crippen LogP contribution in [0, 0.1) is 12.3 Å². The van der Waals surface area contributed by atoms with E-state index in [0.29, 0.717) is 11.5 Å². The number of aryl methyl sites for hydroxylation is 1. The van der Waals surface area contributed by atoms with Crippen LogP contribution in [0.1, 0.15) is 36.5 Å². The van der Waals surface area contributed by atoms with Crippen molar-refractivity contribution in [1.82, 2.24) is 14.8 Å². The molecule has 2 aromatic rings. The Bertz CT molecular complexity index is 722. The number of hydrogen-bond donors (Lipinski definition) is 0. The molecule has 0 bridgehead atoms. The van der Waals surface area contributed by atoms with Crippen molar-refractivity contribution in [2.45, 2.75) is 45.3 Å². The third-order valence-electron chi connectivity index (χ3n) is 6.27. The van der Waals surface area contributed by atoms with Gasteiger partial charge in [-0.3, -0.25) is 14.8 Å². The number of aromatic nitrogens is 1. The van der Waals surface area contributed by atoms with Crippen LogP contribution in [0.15, 0.2) is 40.9 Å². The minimum absolute atomic E-state index is 0.424. The van der Waals surface area contributed by atoms with E-state index in [9.17, 15) is 0 Å². The van der Waals surface area contributed by atoms with Gasteiger partial charge < -0.3 is 9.15 Å². The lowest BCUT2D eigenvalue weighted by Gasteiger charge is -2.39. The van der Waals surface area contributed by atoms with E-state index in [1.54, 1.807) is 0 Å². The van der Waals surface area contributed by atoms with Crippen molar-refractivity contribution in [1.29, 1.82) is 0 Å². The van der Waals surface area contributed by atoms with Gasteiger partial charge in [0.1, 0.15) is 11.5 Å². The smallest absolute Gasteiger partial charge is 0.118 e. The number of rotatable bonds is 6. The van der Waals surface area contributed by atoms with E-state index in [1.807, 2.05) is 26.3 Å². The van der Waals surface area contributed by atoms with Gasteiger partial charge in [0.2, 0.25) is 0 Å². The fraction of sp³-hybridized carbons (Fsp3) is 0.591. The number of furan rings is 1. The maximum Gasteiger partial charge on any atom is 0.118 e. The Labute approximate surface area is 162 Å². The van der Waals surface area contributed by atoms with E-state index in [-0.39, 0.29) is 0 Å². The van der Waals surface area contributed by atoms with Gasteiger partial charge in [-0.05, 0) is 69.0 Å². The standard InChI is InChI=1S/C22H31N3O2/c1-18-6-7-21(27-18)15-24-11-8-22(9-12-24)13-20(16-26-2)25(17-22)14-19-5-3-4-10-23-19/h3-7,10,20H,8-9,11-17H2,1-2H3/t20-/m0/s1. The second-order valence-corrected chi connectivity index (χ2v) is 8.33. The van der Waals surface area contributed by atoms with Gasteiger partial charge in [-0.1, -0.05) is 6.07 Å². The zero-order chi connectivity index (χ0) is 18.7. The van der Waals surface area contributed by atoms with Crippen LogP contribution in [-0.2, 0) is 17.8 Å². The molecule has 2 saturated heterocycles. The van der Waals surface area contributed by atoms with E-state index in [1.165, 1.54) is 19.3 Å². The van der Waals surface area contributed by atoms with Crippen LogP contribution in [-0.4, -0.2) is 54.2 Å². The Morgan fingerprint density at radius 1 is 1.19 bits per heavy atom. The average Bonchev–Trinajstić information content (AvgIpc) is 3.22. The molecule has 0 aliphatic carbocycles. The molecular formula is C22H31N3O2. The second-order valence-electron chi connectivity index (χ2n) is 8.33. The normalized spacial score (nSPS) is 23.3. The number of hydrogen-bond acceptors (Lipinski definition) is 5. The van der Waals surface area contributed by atoms with E-state index in [0.717, 1.165) is 56.5 Å². The Hall–Kier alpha value is -1.69. The number of piperidine rings is 1. The van der Waals surface area contributed by atoms with Crippen molar-refractivity contribution in [2.24, 2.45) is 5.41 Å². The number of methoxy groups -OCH3 is 1. The Balaban J connectivity index is 1.37. The van der Waals surface area contributed by atoms with E-state index >= 15 is 0 Å². The molecule has 2 fully saturated rings. The van der Waals surface area contributed by atoms with Crippen LogP contribution >= 0.6 is 0 Å². The van der Waals surface area contributed by atoms with Crippen molar-refractivity contribution in [3.8, 4) is 0 Å². The van der Waals surface area contributed by atoms with E-state index < -0.39 is 0 Å². The zero-order valence-electron chi connectivity index (χ0n) is 16.6. The predicted molar refractivity (Wildman–Crippen MR) is 105 cm³/mol. The van der Waals surface area contributed by atoms with Gasteiger partial charge in [-0.15, -0.1) is 0 Å². The molecule has 0 radical (unpaired) electrons. The molecular weight excluding hydrogens is 338 g/mol. The number of nitrogens with zero attached hydrogens (tertiary/aromatic N) is 3. The first kappa shape index (κ1) is 18.7. The van der Waals surface area contributed by atoms with Gasteiger partial charge in [0.05, 0.1) is 18.8 Å². The molecule has 2 aliphatic rings. The summed E-state index contributed by atoms with van der Waals surface area (Å²) in [6, 6.07) is 10.9. The third kappa shape index (κ3) is 4.42. The van der Waals surface area contributed by atoms with Gasteiger partial charge >= 0.3 is 0 Å². The zero-order valence-corrected chi connectivity index (χ0v) is 16.6. The lowest BCUT2D eigenvalue weighted by molar-refractivity contribution is 0.0962. The molecule has 0 N–H and O–H groups in total. The van der Waals surface area contributed by atoms with Crippen LogP contribution in [0.5, 0.6) is 0 Å². The Kier molecular flexibility index (Phi) is 5.62. The van der Waals surface area contributed by atoms with Crippen LogP contribution < -0.4 is 0 Å². The molecule has 0 unspecified atom stereocenters. The van der Waals surface area contributed by atoms with Crippen molar-refractivity contribution >= 4 is 0 Å². The van der Waals surface area contributed by atoms with Gasteiger partial charge in [0.15, 0.2) is 0 Å². The van der Waals surface area contributed by atoms with Gasteiger partial charge in [-0.2, -0.15) is 0 Å². The summed E-state index contributed by atoms with van der Waals surface area (Å²) in [5.74, 6) is 2.09. The Morgan fingerprint density at radius 3 is 2.70 bits per heavy atom. The summed E-state index contributed by atoms with van der Waals surface area (Å²) in [6.07, 6.45) is 5.64. The summed E-state index contributed by atoms with van der Waals surface area (Å²) in [4.78, 5) is 9.66. The van der Waals surface area contributed by atoms with Crippen LogP contribution in [0.4, 0.5) is 0 Å². The van der Waals surface area contributed by atoms with Crippen LogP contribution in [0.3, 0.4) is 0 Å². The molecule has 0 amide bonds. The van der Waals surface area contributed by atoms with Gasteiger partial charge in [0, 0.05) is 32.4 Å². The van der Waals surface area contributed by atoms with E-state index in [2.05, 4.69) is 39.0 Å². The number of ether oxygens (including phenoxy) is 1. The Morgan fingerprint density at radius 2 is 2.04 bits per heavy atom. The summed E-state index contributed by atoms with van der Waals surface area (Å²) in [7, 11) is 1.82. The molecule has 1 spiro atoms. The first-order chi connectivity index (χ1) is 13.2. The molecule has 146 valence electrons. The van der Waals surface area contributed by atoms with Crippen molar-refractivity contribution in [3.05, 3.63) is 53.7 Å². The molecule has 4 heterocycles. The lowest BCUT2D eigenvalue weighted by atomic mass is 9.76. The minimum Gasteiger partial charge on any atom is -0.465 e. The molecule has 5 nitrogen and oxygen atoms in total. The summed E-state index contributed by atoms with van der Waals surface area (Å²) < 4.78 is 11.3. The summed E-state index contributed by atoms with van der Waals surface area (Å²) in [6.45, 7) is 8.14. The fourth-order valence-electron chi connectivity index (χ4n) is 4.83. The third-order valence-corrected chi connectivity index (χ3v) is 6.27. The van der Waals surface area contributed by atoms with Crippen molar-refractivity contribution in [3.63, 3.8) is 0 Å². The first-order valence-corrected chi connectivity index (χ1v) is 10.1. The van der Waals surface area contributed by atoms with Crippen LogP contribution in [0.25, 0.3) is 0 Å². The highest BCUT2D eigenvalue weighted by Gasteiger charge is 2.45. The number of pyridine rings is 1. The van der Waals surface area contributed by atoms with Crippen molar-refractivity contribution < 1.29 is 9.15 Å². The molecule has 0 saturated carbocycles. The quantitative estimate of drug-likeness (QED) is 0.780. The SMILES string of the molecule is COC[C@@H]1CC2(CCN(Cc3ccc(C)o3)CC2)CN1Cc1ccccn1. The maximum absolute atomic E-state index is 5.76. The van der Waals surface area contributed by atoms with Gasteiger partial charge in [-0.25, -0.2) is 0 Å². The molecule has 1 atom stereocenters. The molecule has 2 aliphatic heterocycles. The molecule has 4 rings (SSSR count). The van der Waals surface area contributed by atoms with Gasteiger partial charge in [0.25, 0.3) is 0 Å². The largest absolute Gasteiger partial charge is 0.465 e. The first-order valence-electron chi connectivity index (χ1n) is 10.1. The highest BCUT2D eigenvalue weighted by molar-refractivity contribution is 5.08. The van der Waals surface area contributed by atoms with E-state index in [4.69, 9.17) is 9.15 Å². The molecule has 27 heavy (non-hydrogen) atoms. The van der Waals surface area contributed by atoms with Crippen LogP contribution in [0.2, 0.25) is 0 Å². The summed E-state index contributed by atoms with van der Waals surface area (Å²) in [5.41, 5.74) is 1.58. The second kappa shape index (κ2) is 8.13. The molecule has 0 aromatic carbocycles. The monoisotopic (exact) mass is 369 g/mol. The lowest BCUT2D eigenvalue weighted by Crippen LogP contribution is -2.41. The molecule has 5 heteroatoms. The van der Waals surface area contributed by atoms with Crippen molar-refractivity contribution in [2.75, 3.05) is 33.4 Å². The predicted octanol–water partition coefficient (Wildman–Crippen LogP) is 3.49. The maximum atomic E-state index is 5.76. The summed E-state index contributed by atoms with van der Waals surface area (Å²) >= 11 is 0. The highest BCUT2D eigenvalue weighted by Crippen LogP contribution is 2.44. The number of likely N-dealkylation sites (tertiary alicyclic amines) is 2. The average molecular weight is 370 g/mol. The summed E-state index contributed by atoms with van der Waals surface area (Å²) in [5, 5.41) is 0.